The SMILES string of the molecule is CCOC(=O)c1cccc(NC(=O)C2CNC(=O)CN2)c1. The highest BCUT2D eigenvalue weighted by atomic mass is 16.5. The summed E-state index contributed by atoms with van der Waals surface area (Å²) in [4.78, 5) is 34.7. The average Bonchev–Trinajstić information content (AvgIpc) is 2.48. The van der Waals surface area contributed by atoms with Crippen LogP contribution in [0.3, 0.4) is 0 Å². The zero-order valence-electron chi connectivity index (χ0n) is 11.6. The molecule has 1 unspecified atom stereocenters. The molecule has 0 bridgehead atoms. The number of hydrogen-bond acceptors (Lipinski definition) is 5. The van der Waals surface area contributed by atoms with Crippen LogP contribution in [0.2, 0.25) is 0 Å². The molecule has 1 heterocycles. The molecule has 7 heteroatoms. The van der Waals surface area contributed by atoms with Crippen molar-refractivity contribution in [2.45, 2.75) is 13.0 Å². The molecule has 21 heavy (non-hydrogen) atoms. The summed E-state index contributed by atoms with van der Waals surface area (Å²) < 4.78 is 4.90. The number of benzene rings is 1. The molecule has 0 aromatic heterocycles. The van der Waals surface area contributed by atoms with Gasteiger partial charge in [-0.3, -0.25) is 14.9 Å². The second-order valence-electron chi connectivity index (χ2n) is 4.53. The van der Waals surface area contributed by atoms with Crippen molar-refractivity contribution in [3.63, 3.8) is 0 Å². The minimum Gasteiger partial charge on any atom is -0.462 e. The number of carbonyl (C=O) groups excluding carboxylic acids is 3. The summed E-state index contributed by atoms with van der Waals surface area (Å²) in [6, 6.07) is 6.03. The van der Waals surface area contributed by atoms with Gasteiger partial charge in [0.1, 0.15) is 6.04 Å². The molecule has 7 nitrogen and oxygen atoms in total. The number of hydrogen-bond donors (Lipinski definition) is 3. The van der Waals surface area contributed by atoms with E-state index in [0.29, 0.717) is 17.9 Å². The Balaban J connectivity index is 1.99. The Morgan fingerprint density at radius 2 is 2.24 bits per heavy atom. The number of nitrogens with one attached hydrogen (secondary N) is 3. The van der Waals surface area contributed by atoms with E-state index < -0.39 is 12.0 Å². The van der Waals surface area contributed by atoms with E-state index >= 15 is 0 Å². The summed E-state index contributed by atoms with van der Waals surface area (Å²) in [6.07, 6.45) is 0. The van der Waals surface area contributed by atoms with Gasteiger partial charge in [-0.25, -0.2) is 4.79 Å². The van der Waals surface area contributed by atoms with E-state index in [1.54, 1.807) is 31.2 Å². The number of amides is 2. The van der Waals surface area contributed by atoms with Gasteiger partial charge in [0.2, 0.25) is 11.8 Å². The molecule has 1 aromatic carbocycles. The van der Waals surface area contributed by atoms with Crippen molar-refractivity contribution in [1.29, 1.82) is 0 Å². The van der Waals surface area contributed by atoms with Crippen LogP contribution < -0.4 is 16.0 Å². The smallest absolute Gasteiger partial charge is 0.338 e. The maximum absolute atomic E-state index is 12.0. The maximum Gasteiger partial charge on any atom is 0.338 e. The fourth-order valence-electron chi connectivity index (χ4n) is 1.92. The number of rotatable bonds is 4. The van der Waals surface area contributed by atoms with Gasteiger partial charge < -0.3 is 15.4 Å². The van der Waals surface area contributed by atoms with Crippen LogP contribution in [0.25, 0.3) is 0 Å². The Labute approximate surface area is 122 Å². The zero-order chi connectivity index (χ0) is 15.2. The zero-order valence-corrected chi connectivity index (χ0v) is 11.6. The van der Waals surface area contributed by atoms with E-state index in [1.807, 2.05) is 0 Å². The number of anilines is 1. The molecule has 1 saturated heterocycles. The van der Waals surface area contributed by atoms with Gasteiger partial charge in [0.05, 0.1) is 18.7 Å². The molecule has 2 amide bonds. The van der Waals surface area contributed by atoms with E-state index in [9.17, 15) is 14.4 Å². The molecule has 1 aliphatic rings. The molecule has 112 valence electrons. The molecular formula is C14H17N3O4. The van der Waals surface area contributed by atoms with Gasteiger partial charge in [0.15, 0.2) is 0 Å². The van der Waals surface area contributed by atoms with Crippen LogP contribution in [0.1, 0.15) is 17.3 Å². The van der Waals surface area contributed by atoms with E-state index in [2.05, 4.69) is 16.0 Å². The van der Waals surface area contributed by atoms with E-state index in [1.165, 1.54) is 0 Å². The fraction of sp³-hybridized carbons (Fsp3) is 0.357. The molecule has 0 aliphatic carbocycles. The van der Waals surface area contributed by atoms with Crippen molar-refractivity contribution in [2.24, 2.45) is 0 Å². The van der Waals surface area contributed by atoms with Crippen LogP contribution in [0.5, 0.6) is 0 Å². The van der Waals surface area contributed by atoms with Crippen molar-refractivity contribution < 1.29 is 19.1 Å². The number of piperazine rings is 1. The predicted octanol–water partition coefficient (Wildman–Crippen LogP) is -0.110. The van der Waals surface area contributed by atoms with E-state index in [0.717, 1.165) is 0 Å². The highest BCUT2D eigenvalue weighted by molar-refractivity contribution is 5.98. The predicted molar refractivity (Wildman–Crippen MR) is 75.8 cm³/mol. The normalized spacial score (nSPS) is 17.8. The molecular weight excluding hydrogens is 274 g/mol. The Morgan fingerprint density at radius 1 is 1.43 bits per heavy atom. The average molecular weight is 291 g/mol. The number of ether oxygens (including phenoxy) is 1. The third kappa shape index (κ3) is 4.03. The van der Waals surface area contributed by atoms with Gasteiger partial charge in [0, 0.05) is 12.2 Å². The fourth-order valence-corrected chi connectivity index (χ4v) is 1.92. The van der Waals surface area contributed by atoms with Crippen LogP contribution in [0, 0.1) is 0 Å². The van der Waals surface area contributed by atoms with Crippen molar-refractivity contribution in [2.75, 3.05) is 25.0 Å². The summed E-state index contributed by atoms with van der Waals surface area (Å²) in [5.74, 6) is -0.837. The largest absolute Gasteiger partial charge is 0.462 e. The van der Waals surface area contributed by atoms with Crippen LogP contribution in [0.15, 0.2) is 24.3 Å². The van der Waals surface area contributed by atoms with Gasteiger partial charge in [-0.05, 0) is 25.1 Å². The quantitative estimate of drug-likeness (QED) is 0.673. The van der Waals surface area contributed by atoms with Gasteiger partial charge >= 0.3 is 5.97 Å². The van der Waals surface area contributed by atoms with Gasteiger partial charge in [-0.15, -0.1) is 0 Å². The van der Waals surface area contributed by atoms with Gasteiger partial charge in [-0.2, -0.15) is 0 Å². The first kappa shape index (κ1) is 15.0. The second-order valence-corrected chi connectivity index (χ2v) is 4.53. The molecule has 0 saturated carbocycles. The Kier molecular flexibility index (Phi) is 4.89. The highest BCUT2D eigenvalue weighted by Crippen LogP contribution is 2.12. The number of esters is 1. The molecule has 2 rings (SSSR count). The molecule has 0 radical (unpaired) electrons. The van der Waals surface area contributed by atoms with Crippen molar-refractivity contribution >= 4 is 23.5 Å². The molecule has 3 N–H and O–H groups in total. The first-order valence-corrected chi connectivity index (χ1v) is 6.68. The summed E-state index contributed by atoms with van der Waals surface area (Å²) in [5, 5.41) is 8.14. The van der Waals surface area contributed by atoms with Crippen molar-refractivity contribution in [1.82, 2.24) is 10.6 Å². The van der Waals surface area contributed by atoms with E-state index in [-0.39, 0.29) is 24.9 Å². The van der Waals surface area contributed by atoms with Crippen LogP contribution in [-0.4, -0.2) is 43.5 Å². The maximum atomic E-state index is 12.0. The van der Waals surface area contributed by atoms with Crippen LogP contribution in [-0.2, 0) is 14.3 Å². The van der Waals surface area contributed by atoms with E-state index in [4.69, 9.17) is 4.74 Å². The minimum absolute atomic E-state index is 0.112. The van der Waals surface area contributed by atoms with Crippen LogP contribution >= 0.6 is 0 Å². The monoisotopic (exact) mass is 291 g/mol. The van der Waals surface area contributed by atoms with Crippen molar-refractivity contribution in [3.8, 4) is 0 Å². The molecule has 0 spiro atoms. The first-order valence-electron chi connectivity index (χ1n) is 6.68. The number of carbonyl (C=O) groups is 3. The van der Waals surface area contributed by atoms with Gasteiger partial charge in [0.25, 0.3) is 0 Å². The second kappa shape index (κ2) is 6.85. The highest BCUT2D eigenvalue weighted by Gasteiger charge is 2.23. The Bertz CT molecular complexity index is 549. The first-order chi connectivity index (χ1) is 10.1. The third-order valence-electron chi connectivity index (χ3n) is 2.97. The molecule has 1 fully saturated rings. The minimum atomic E-state index is -0.492. The Morgan fingerprint density at radius 3 is 2.90 bits per heavy atom. The lowest BCUT2D eigenvalue weighted by Gasteiger charge is -2.23. The topological polar surface area (TPSA) is 96.5 Å². The standard InChI is InChI=1S/C14H17N3O4/c1-2-21-14(20)9-4-3-5-10(6-9)17-13(19)11-7-16-12(18)8-15-11/h3-6,11,15H,2,7-8H2,1H3,(H,16,18)(H,17,19). The summed E-state index contributed by atoms with van der Waals surface area (Å²) in [5.41, 5.74) is 0.879. The lowest BCUT2D eigenvalue weighted by atomic mass is 10.1. The summed E-state index contributed by atoms with van der Waals surface area (Å²) >= 11 is 0. The molecule has 1 aliphatic heterocycles. The summed E-state index contributed by atoms with van der Waals surface area (Å²) in [6.45, 7) is 2.37. The third-order valence-corrected chi connectivity index (χ3v) is 2.97. The summed E-state index contributed by atoms with van der Waals surface area (Å²) in [7, 11) is 0. The van der Waals surface area contributed by atoms with Crippen LogP contribution in [0.4, 0.5) is 5.69 Å². The Hall–Kier alpha value is -2.41. The molecule has 1 atom stereocenters. The van der Waals surface area contributed by atoms with Crippen molar-refractivity contribution in [3.05, 3.63) is 29.8 Å². The van der Waals surface area contributed by atoms with Gasteiger partial charge in [-0.1, -0.05) is 6.07 Å². The lowest BCUT2D eigenvalue weighted by molar-refractivity contribution is -0.124. The molecule has 1 aromatic rings. The lowest BCUT2D eigenvalue weighted by Crippen LogP contribution is -2.56.